The Kier molecular flexibility index (Phi) is 14.1. The van der Waals surface area contributed by atoms with Crippen molar-refractivity contribution >= 4 is 39.7 Å². The molecule has 30 nitrogen and oxygen atoms in total. The van der Waals surface area contributed by atoms with Crippen LogP contribution in [0.25, 0.3) is 0 Å². The van der Waals surface area contributed by atoms with Gasteiger partial charge < -0.3 is 106 Å². The fourth-order valence-electron chi connectivity index (χ4n) is 7.09. The molecule has 1 fully saturated rings. The largest absolute Gasteiger partial charge is 0.504 e. The van der Waals surface area contributed by atoms with E-state index in [2.05, 4.69) is 0 Å². The Morgan fingerprint density at radius 3 is 1.00 bits per heavy atom. The third-order valence-corrected chi connectivity index (χ3v) is 10.3. The van der Waals surface area contributed by atoms with E-state index in [9.17, 15) is 102 Å². The molecule has 5 aromatic carbocycles. The topological polar surface area (TPSA) is 552 Å². The minimum Gasteiger partial charge on any atom is -0.504 e. The van der Waals surface area contributed by atoms with Gasteiger partial charge in [0.05, 0.1) is 17.7 Å². The van der Waals surface area contributed by atoms with Crippen molar-refractivity contribution in [3.05, 3.63) is 88.5 Å². The molecular formula is C41H34O30S. The van der Waals surface area contributed by atoms with Crippen LogP contribution in [0.2, 0.25) is 0 Å². The molecule has 384 valence electrons. The van der Waals surface area contributed by atoms with Gasteiger partial charge >= 0.3 is 22.3 Å². The van der Waals surface area contributed by atoms with Crippen LogP contribution in [0.5, 0.6) is 86.2 Å². The average molecular weight is 1040 g/mol. The van der Waals surface area contributed by atoms with E-state index in [1.165, 1.54) is 0 Å². The Labute approximate surface area is 397 Å². The van der Waals surface area contributed by atoms with E-state index in [0.29, 0.717) is 0 Å². The number of ketones is 3. The van der Waals surface area contributed by atoms with Crippen molar-refractivity contribution in [2.24, 2.45) is 0 Å². The SMILES string of the molecule is O=C(O[C@@]1(C(=O)c2cc(O)c(O)c(O)c2)[C@H](O)[C@@H](CO)OC(O)(C(=O)c2cc(O)c(O)c(O)c2)[C@@]1(OC(=O)c1cc(O)c(O)c(O)c1)C(=O)c1cc(O)c(O)c(O)c1)c1cc(O)c(O)c(O)c1.O=S(=O)(O)O. The summed E-state index contributed by atoms with van der Waals surface area (Å²) in [6, 6.07) is 2.10. The predicted molar refractivity (Wildman–Crippen MR) is 224 cm³/mol. The normalized spacial score (nSPS) is 20.6. The van der Waals surface area contributed by atoms with Crippen LogP contribution < -0.4 is 0 Å². The van der Waals surface area contributed by atoms with Gasteiger partial charge in [0.1, 0.15) is 12.2 Å². The van der Waals surface area contributed by atoms with E-state index >= 15 is 14.4 Å². The van der Waals surface area contributed by atoms with E-state index in [-0.39, 0.29) is 60.7 Å². The molecule has 0 amide bonds. The van der Waals surface area contributed by atoms with Crippen LogP contribution in [0.15, 0.2) is 60.7 Å². The van der Waals surface area contributed by atoms with Gasteiger partial charge in [-0.3, -0.25) is 23.5 Å². The minimum atomic E-state index is -5.00. The number of aliphatic hydroxyl groups is 3. The molecule has 1 aliphatic heterocycles. The zero-order chi connectivity index (χ0) is 54.5. The number of ether oxygens (including phenoxy) is 3. The average Bonchev–Trinajstić information content (AvgIpc) is 3.29. The summed E-state index contributed by atoms with van der Waals surface area (Å²) in [5, 5.41) is 191. The Balaban J connectivity index is 0.00000183. The first-order chi connectivity index (χ1) is 33.2. The van der Waals surface area contributed by atoms with Crippen molar-refractivity contribution in [1.29, 1.82) is 0 Å². The van der Waals surface area contributed by atoms with Gasteiger partial charge in [-0.25, -0.2) is 9.59 Å². The lowest BCUT2D eigenvalue weighted by molar-refractivity contribution is -0.359. The van der Waals surface area contributed by atoms with Crippen LogP contribution in [0, 0.1) is 0 Å². The lowest BCUT2D eigenvalue weighted by Crippen LogP contribution is -2.87. The van der Waals surface area contributed by atoms with Crippen molar-refractivity contribution < 1.29 is 148 Å². The zero-order valence-corrected chi connectivity index (χ0v) is 35.9. The molecule has 6 rings (SSSR count). The fraction of sp³-hybridized carbons (Fsp3) is 0.146. The zero-order valence-electron chi connectivity index (χ0n) is 35.1. The Bertz CT molecular complexity index is 3080. The highest BCUT2D eigenvalue weighted by molar-refractivity contribution is 7.79. The molecule has 1 aliphatic rings. The quantitative estimate of drug-likeness (QED) is 0.0333. The minimum absolute atomic E-state index is 0.143. The molecule has 1 heterocycles. The second-order valence-corrected chi connectivity index (χ2v) is 15.8. The fourth-order valence-corrected chi connectivity index (χ4v) is 7.09. The summed E-state index contributed by atoms with van der Waals surface area (Å²) in [6.45, 7) is -1.79. The van der Waals surface area contributed by atoms with E-state index in [1.54, 1.807) is 0 Å². The number of phenolic OH excluding ortho intramolecular Hbond substituents is 15. The predicted octanol–water partition coefficient (Wildman–Crippen LogP) is -0.802. The van der Waals surface area contributed by atoms with Gasteiger partial charge in [-0.05, 0) is 60.7 Å². The van der Waals surface area contributed by atoms with Crippen molar-refractivity contribution in [2.45, 2.75) is 29.2 Å². The summed E-state index contributed by atoms with van der Waals surface area (Å²) in [5.74, 6) is -37.8. The lowest BCUT2D eigenvalue weighted by Gasteiger charge is -2.58. The Hall–Kier alpha value is -9.24. The van der Waals surface area contributed by atoms with E-state index in [1.807, 2.05) is 0 Å². The number of hydrogen-bond acceptors (Lipinski definition) is 28. The third kappa shape index (κ3) is 9.18. The molecule has 5 aromatic rings. The molecule has 5 atom stereocenters. The number of carbonyl (C=O) groups is 5. The van der Waals surface area contributed by atoms with Gasteiger partial charge in [-0.2, -0.15) is 8.42 Å². The molecule has 1 saturated heterocycles. The molecule has 72 heavy (non-hydrogen) atoms. The number of aliphatic hydroxyl groups excluding tert-OH is 2. The number of rotatable bonds is 11. The highest BCUT2D eigenvalue weighted by Gasteiger charge is 2.85. The standard InChI is InChI=1S/C41H32O26.H2O4S/c42-11-27-36(61)39(33(58)12-1-17(43)28(53)18(44)2-12,66-37(62)15-7-23(49)31(56)24(50)8-15)40(34(59)13-3-19(45)29(54)20(46)4-13,67-38(63)16-9-25(51)32(57)26(52)10-16)41(64,65-27)35(60)14-5-21(47)30(55)22(48)6-14;1-5(2,3)4/h1-10,27,36,42-57,61,64H,11H2;(H2,1,2,3,4)/t27-,36-,39+,40-,41?;/m1./s1. The van der Waals surface area contributed by atoms with Crippen molar-refractivity contribution in [2.75, 3.05) is 6.61 Å². The summed E-state index contributed by atoms with van der Waals surface area (Å²) < 4.78 is 48.1. The molecule has 0 spiro atoms. The van der Waals surface area contributed by atoms with Crippen LogP contribution in [0.3, 0.4) is 0 Å². The second kappa shape index (κ2) is 18.9. The van der Waals surface area contributed by atoms with Crippen LogP contribution in [-0.2, 0) is 24.6 Å². The highest BCUT2D eigenvalue weighted by atomic mass is 32.3. The van der Waals surface area contributed by atoms with E-state index in [0.717, 1.165) is 0 Å². The number of benzene rings is 5. The maximum absolute atomic E-state index is 15.8. The first kappa shape index (κ1) is 53.7. The summed E-state index contributed by atoms with van der Waals surface area (Å²) in [4.78, 5) is 75.6. The molecule has 31 heteroatoms. The molecule has 0 bridgehead atoms. The maximum Gasteiger partial charge on any atom is 0.394 e. The van der Waals surface area contributed by atoms with Crippen LogP contribution in [0.1, 0.15) is 51.8 Å². The number of hydrogen-bond donors (Lipinski definition) is 20. The Morgan fingerprint density at radius 2 is 0.708 bits per heavy atom. The number of carbonyl (C=O) groups excluding carboxylic acids is 5. The van der Waals surface area contributed by atoms with Crippen LogP contribution in [-0.4, -0.2) is 175 Å². The van der Waals surface area contributed by atoms with Crippen LogP contribution in [0.4, 0.5) is 0 Å². The molecule has 0 aromatic heterocycles. The first-order valence-corrected chi connectivity index (χ1v) is 20.3. The van der Waals surface area contributed by atoms with Gasteiger partial charge in [-0.15, -0.1) is 0 Å². The highest BCUT2D eigenvalue weighted by Crippen LogP contribution is 2.55. The Morgan fingerprint density at radius 1 is 0.458 bits per heavy atom. The van der Waals surface area contributed by atoms with E-state index in [4.69, 9.17) is 31.7 Å². The smallest absolute Gasteiger partial charge is 0.394 e. The number of Topliss-reactive ketones (excluding diaryl/α,β-unsaturated/α-hetero) is 3. The molecule has 1 unspecified atom stereocenters. The third-order valence-electron chi connectivity index (χ3n) is 10.3. The van der Waals surface area contributed by atoms with Gasteiger partial charge in [-0.1, -0.05) is 0 Å². The van der Waals surface area contributed by atoms with Crippen molar-refractivity contribution in [1.82, 2.24) is 0 Å². The molecule has 20 N–H and O–H groups in total. The van der Waals surface area contributed by atoms with E-state index < -0.39 is 190 Å². The molecular weight excluding hydrogens is 1000 g/mol. The van der Waals surface area contributed by atoms with Crippen LogP contribution >= 0.6 is 0 Å². The molecule has 0 saturated carbocycles. The second-order valence-electron chi connectivity index (χ2n) is 14.9. The summed E-state index contributed by atoms with van der Waals surface area (Å²) in [5.41, 5.74) is -16.5. The molecule has 0 radical (unpaired) electrons. The van der Waals surface area contributed by atoms with Gasteiger partial charge in [0.2, 0.25) is 17.3 Å². The van der Waals surface area contributed by atoms with Gasteiger partial charge in [0.25, 0.3) is 17.0 Å². The van der Waals surface area contributed by atoms with Gasteiger partial charge in [0, 0.05) is 16.7 Å². The number of phenols is 15. The van der Waals surface area contributed by atoms with Gasteiger partial charge in [0.15, 0.2) is 86.2 Å². The molecule has 0 aliphatic carbocycles. The monoisotopic (exact) mass is 1040 g/mol. The summed E-state index contributed by atoms with van der Waals surface area (Å²) in [6.07, 6.45) is -6.35. The number of aromatic hydroxyl groups is 15. The van der Waals surface area contributed by atoms with Crippen molar-refractivity contribution in [3.8, 4) is 86.2 Å². The van der Waals surface area contributed by atoms with Crippen molar-refractivity contribution in [3.63, 3.8) is 0 Å². The maximum atomic E-state index is 15.8. The first-order valence-electron chi connectivity index (χ1n) is 18.9. The number of esters is 2. The lowest BCUT2D eigenvalue weighted by atomic mass is 9.61. The summed E-state index contributed by atoms with van der Waals surface area (Å²) >= 11 is 0. The summed E-state index contributed by atoms with van der Waals surface area (Å²) in [7, 11) is -4.67.